The molecule has 0 aliphatic carbocycles. The highest BCUT2D eigenvalue weighted by Gasteiger charge is 2.18. The summed E-state index contributed by atoms with van der Waals surface area (Å²) >= 11 is 0. The van der Waals surface area contributed by atoms with Gasteiger partial charge in [0, 0.05) is 27.6 Å². The summed E-state index contributed by atoms with van der Waals surface area (Å²) in [5, 5.41) is 12.4. The molecule has 0 amide bonds. The molecule has 0 saturated heterocycles. The summed E-state index contributed by atoms with van der Waals surface area (Å²) in [4.78, 5) is 5.42. The summed E-state index contributed by atoms with van der Waals surface area (Å²) in [7, 11) is 0. The number of pyridine rings is 1. The van der Waals surface area contributed by atoms with E-state index in [0.29, 0.717) is 0 Å². The third-order valence-electron chi connectivity index (χ3n) is 12.1. The van der Waals surface area contributed by atoms with Gasteiger partial charge < -0.3 is 4.57 Å². The molecule has 0 spiro atoms. The summed E-state index contributed by atoms with van der Waals surface area (Å²) in [6.07, 6.45) is 0. The Bertz CT molecular complexity index is 3540. The van der Waals surface area contributed by atoms with E-state index in [1.54, 1.807) is 0 Å². The molecule has 0 radical (unpaired) electrons. The summed E-state index contributed by atoms with van der Waals surface area (Å²) < 4.78 is 2.41. The molecule has 2 heteroatoms. The van der Waals surface area contributed by atoms with E-state index < -0.39 is 0 Å². The minimum atomic E-state index is 0.959. The van der Waals surface area contributed by atoms with Gasteiger partial charge in [-0.05, 0) is 114 Å². The van der Waals surface area contributed by atoms with Crippen molar-refractivity contribution in [1.29, 1.82) is 0 Å². The molecular weight excluding hydrogens is 713 g/mol. The zero-order chi connectivity index (χ0) is 38.9. The molecule has 0 saturated carbocycles. The summed E-state index contributed by atoms with van der Waals surface area (Å²) in [6, 6.07) is 79.4. The van der Waals surface area contributed by atoms with E-state index >= 15 is 0 Å². The Morgan fingerprint density at radius 1 is 0.288 bits per heavy atom. The lowest BCUT2D eigenvalue weighted by molar-refractivity contribution is 1.19. The topological polar surface area (TPSA) is 17.8 Å². The fraction of sp³-hybridized carbons (Fsp3) is 0. The van der Waals surface area contributed by atoms with Crippen LogP contribution in [-0.4, -0.2) is 9.55 Å². The summed E-state index contributed by atoms with van der Waals surface area (Å²) in [6.45, 7) is 0. The SMILES string of the molecule is c1ccc(-c2cc(-c3ccccc3)nc(-c3cccc4c5ccccc5c5ccc(-c6ccc7c(c6)c6ccccc6n7-c6ccc7ccccc7c6)cc5c34)c2)cc1. The van der Waals surface area contributed by atoms with Crippen molar-refractivity contribution >= 4 is 64.9 Å². The van der Waals surface area contributed by atoms with E-state index in [0.717, 1.165) is 28.1 Å². The molecule has 2 heterocycles. The molecule has 0 fully saturated rings. The predicted octanol–water partition coefficient (Wildman–Crippen LogP) is 15.5. The predicted molar refractivity (Wildman–Crippen MR) is 250 cm³/mol. The van der Waals surface area contributed by atoms with Gasteiger partial charge in [0.05, 0.1) is 22.4 Å². The Kier molecular flexibility index (Phi) is 7.57. The van der Waals surface area contributed by atoms with Gasteiger partial charge >= 0.3 is 0 Å². The first-order valence-electron chi connectivity index (χ1n) is 20.3. The van der Waals surface area contributed by atoms with Gasteiger partial charge in [-0.1, -0.05) is 170 Å². The number of aromatic nitrogens is 2. The first-order chi connectivity index (χ1) is 29.2. The fourth-order valence-corrected chi connectivity index (χ4v) is 9.37. The van der Waals surface area contributed by atoms with Crippen molar-refractivity contribution in [3.63, 3.8) is 0 Å². The third kappa shape index (κ3) is 5.45. The quantitative estimate of drug-likeness (QED) is 0.160. The molecule has 12 rings (SSSR count). The number of hydrogen-bond donors (Lipinski definition) is 0. The first-order valence-corrected chi connectivity index (χ1v) is 20.3. The second-order valence-electron chi connectivity index (χ2n) is 15.5. The second kappa shape index (κ2) is 13.4. The van der Waals surface area contributed by atoms with Crippen molar-refractivity contribution in [1.82, 2.24) is 9.55 Å². The van der Waals surface area contributed by atoms with Gasteiger partial charge in [0.15, 0.2) is 0 Å². The van der Waals surface area contributed by atoms with E-state index in [2.05, 4.69) is 223 Å². The van der Waals surface area contributed by atoms with Crippen LogP contribution in [0.5, 0.6) is 0 Å². The number of fused-ring (bicyclic) bond motifs is 10. The average molecular weight is 749 g/mol. The highest BCUT2D eigenvalue weighted by Crippen LogP contribution is 2.43. The minimum Gasteiger partial charge on any atom is -0.309 e. The standard InChI is InChI=1S/C57H36N2/c1-3-14-37(15-4-1)43-35-53(39-17-5-2-6-18-39)58-54(36-43)50-24-13-23-49-46-21-10-9-20-45(46)47-30-27-41(34-52(47)57(49)50)42-28-31-56-51(33-42)48-22-11-12-25-55(48)59(56)44-29-26-38-16-7-8-19-40(38)32-44/h1-36H. The van der Waals surface area contributed by atoms with Gasteiger partial charge in [0.1, 0.15) is 0 Å². The third-order valence-corrected chi connectivity index (χ3v) is 12.1. The van der Waals surface area contributed by atoms with Crippen LogP contribution in [0.4, 0.5) is 0 Å². The Labute approximate surface area is 341 Å². The first kappa shape index (κ1) is 33.3. The van der Waals surface area contributed by atoms with E-state index in [-0.39, 0.29) is 0 Å². The smallest absolute Gasteiger partial charge is 0.0722 e. The van der Waals surface area contributed by atoms with Crippen LogP contribution < -0.4 is 0 Å². The second-order valence-corrected chi connectivity index (χ2v) is 15.5. The monoisotopic (exact) mass is 748 g/mol. The van der Waals surface area contributed by atoms with Gasteiger partial charge in [-0.15, -0.1) is 0 Å². The number of nitrogens with zero attached hydrogens (tertiary/aromatic N) is 2. The Morgan fingerprint density at radius 3 is 1.69 bits per heavy atom. The van der Waals surface area contributed by atoms with Crippen LogP contribution in [0.25, 0.3) is 115 Å². The summed E-state index contributed by atoms with van der Waals surface area (Å²) in [5.74, 6) is 0. The molecule has 274 valence electrons. The van der Waals surface area contributed by atoms with Crippen LogP contribution in [0.1, 0.15) is 0 Å². The van der Waals surface area contributed by atoms with Crippen molar-refractivity contribution in [2.24, 2.45) is 0 Å². The number of hydrogen-bond acceptors (Lipinski definition) is 1. The van der Waals surface area contributed by atoms with Crippen molar-refractivity contribution in [3.05, 3.63) is 218 Å². The van der Waals surface area contributed by atoms with E-state index in [1.165, 1.54) is 87.3 Å². The Hall–Kier alpha value is -7.81. The van der Waals surface area contributed by atoms with E-state index in [4.69, 9.17) is 4.98 Å². The highest BCUT2D eigenvalue weighted by atomic mass is 15.0. The number of rotatable bonds is 5. The van der Waals surface area contributed by atoms with Gasteiger partial charge in [-0.3, -0.25) is 0 Å². The van der Waals surface area contributed by atoms with Crippen LogP contribution >= 0.6 is 0 Å². The zero-order valence-corrected chi connectivity index (χ0v) is 32.2. The van der Waals surface area contributed by atoms with Crippen molar-refractivity contribution in [3.8, 4) is 50.5 Å². The van der Waals surface area contributed by atoms with Crippen molar-refractivity contribution in [2.45, 2.75) is 0 Å². The maximum atomic E-state index is 5.42. The van der Waals surface area contributed by atoms with Gasteiger partial charge in [0.25, 0.3) is 0 Å². The molecule has 0 bridgehead atoms. The van der Waals surface area contributed by atoms with Crippen LogP contribution in [0, 0.1) is 0 Å². The van der Waals surface area contributed by atoms with Crippen LogP contribution in [0.2, 0.25) is 0 Å². The molecule has 0 atom stereocenters. The average Bonchev–Trinajstić information content (AvgIpc) is 3.65. The molecule has 12 aromatic rings. The van der Waals surface area contributed by atoms with Crippen LogP contribution in [0.15, 0.2) is 218 Å². The van der Waals surface area contributed by atoms with E-state index in [1.807, 2.05) is 0 Å². The molecular formula is C57H36N2. The molecule has 0 aliphatic heterocycles. The van der Waals surface area contributed by atoms with Gasteiger partial charge in [0.2, 0.25) is 0 Å². The molecule has 10 aromatic carbocycles. The Balaban J connectivity index is 1.10. The minimum absolute atomic E-state index is 0.959. The summed E-state index contributed by atoms with van der Waals surface area (Å²) in [5.41, 5.74) is 12.4. The fourth-order valence-electron chi connectivity index (χ4n) is 9.37. The molecule has 0 aliphatic rings. The van der Waals surface area contributed by atoms with Crippen molar-refractivity contribution in [2.75, 3.05) is 0 Å². The highest BCUT2D eigenvalue weighted by molar-refractivity contribution is 6.29. The molecule has 59 heavy (non-hydrogen) atoms. The maximum absolute atomic E-state index is 5.42. The number of para-hydroxylation sites is 1. The van der Waals surface area contributed by atoms with Gasteiger partial charge in [-0.25, -0.2) is 4.98 Å². The lowest BCUT2D eigenvalue weighted by Crippen LogP contribution is -1.94. The lowest BCUT2D eigenvalue weighted by Gasteiger charge is -2.16. The normalized spacial score (nSPS) is 11.7. The molecule has 0 unspecified atom stereocenters. The van der Waals surface area contributed by atoms with Crippen LogP contribution in [0.3, 0.4) is 0 Å². The van der Waals surface area contributed by atoms with Crippen LogP contribution in [-0.2, 0) is 0 Å². The maximum Gasteiger partial charge on any atom is 0.0722 e. The molecule has 2 nitrogen and oxygen atoms in total. The number of benzene rings is 10. The van der Waals surface area contributed by atoms with Gasteiger partial charge in [-0.2, -0.15) is 0 Å². The van der Waals surface area contributed by atoms with Crippen molar-refractivity contribution < 1.29 is 0 Å². The molecule has 0 N–H and O–H groups in total. The zero-order valence-electron chi connectivity index (χ0n) is 32.2. The Morgan fingerprint density at radius 2 is 0.881 bits per heavy atom. The van der Waals surface area contributed by atoms with E-state index in [9.17, 15) is 0 Å². The largest absolute Gasteiger partial charge is 0.309 e. The molecule has 2 aromatic heterocycles. The lowest BCUT2D eigenvalue weighted by atomic mass is 9.88.